The van der Waals surface area contributed by atoms with Crippen molar-refractivity contribution in [1.82, 2.24) is 0 Å². The maximum Gasteiger partial charge on any atom is 0.336 e. The molecule has 270 valence electrons. The number of hydrogen-bond acceptors (Lipinski definition) is 13. The zero-order valence-electron chi connectivity index (χ0n) is 27.8. The zero-order chi connectivity index (χ0) is 36.0. The van der Waals surface area contributed by atoms with Crippen molar-refractivity contribution in [2.75, 3.05) is 6.54 Å². The molecule has 0 aromatic rings. The van der Waals surface area contributed by atoms with Crippen molar-refractivity contribution in [1.29, 1.82) is 0 Å². The van der Waals surface area contributed by atoms with Gasteiger partial charge in [0.1, 0.15) is 18.3 Å². The molecule has 0 amide bonds. The summed E-state index contributed by atoms with van der Waals surface area (Å²) < 4.78 is 22.4. The van der Waals surface area contributed by atoms with Crippen LogP contribution in [0.2, 0.25) is 0 Å². The predicted octanol–water partition coefficient (Wildman–Crippen LogP) is 0.0996. The molecule has 0 spiro atoms. The summed E-state index contributed by atoms with van der Waals surface area (Å²) in [6.45, 7) is 12.0. The van der Waals surface area contributed by atoms with E-state index in [0.29, 0.717) is 6.42 Å². The van der Waals surface area contributed by atoms with Crippen LogP contribution in [0.3, 0.4) is 0 Å². The first-order valence-electron chi connectivity index (χ1n) is 15.7. The molecule has 2 rings (SSSR count). The first-order valence-corrected chi connectivity index (χ1v) is 15.7. The van der Waals surface area contributed by atoms with Crippen LogP contribution in [-0.2, 0) is 38.1 Å². The molecule has 0 bridgehead atoms. The third-order valence-electron chi connectivity index (χ3n) is 8.43. The Morgan fingerprint density at radius 1 is 0.830 bits per heavy atom. The lowest BCUT2D eigenvalue weighted by Crippen LogP contribution is -2.64. The van der Waals surface area contributed by atoms with Gasteiger partial charge in [0.15, 0.2) is 37.0 Å². The summed E-state index contributed by atoms with van der Waals surface area (Å²) in [4.78, 5) is 53.4. The molecule has 0 radical (unpaired) electrons. The fraction of sp³-hybridized carbons (Fsp3) is 0.839. The van der Waals surface area contributed by atoms with E-state index in [2.05, 4.69) is 4.99 Å². The van der Waals surface area contributed by atoms with Gasteiger partial charge in [0.25, 0.3) is 0 Å². The molecule has 2 saturated heterocycles. The summed E-state index contributed by atoms with van der Waals surface area (Å²) >= 11 is 0. The smallest absolute Gasteiger partial charge is 0.336 e. The Bertz CT molecular complexity index is 1100. The second-order valence-corrected chi connectivity index (χ2v) is 14.2. The lowest BCUT2D eigenvalue weighted by atomic mass is 9.71. The highest BCUT2D eigenvalue weighted by Gasteiger charge is 2.56. The molecule has 7 unspecified atom stereocenters. The van der Waals surface area contributed by atoms with E-state index in [9.17, 15) is 54.9 Å². The lowest BCUT2D eigenvalue weighted by molar-refractivity contribution is -0.308. The van der Waals surface area contributed by atoms with Crippen LogP contribution in [0.25, 0.3) is 0 Å². The molecule has 47 heavy (non-hydrogen) atoms. The summed E-state index contributed by atoms with van der Waals surface area (Å²) in [6.07, 6.45) is -16.5. The average Bonchev–Trinajstić information content (AvgIpc) is 2.95. The fourth-order valence-corrected chi connectivity index (χ4v) is 6.01. The van der Waals surface area contributed by atoms with Crippen LogP contribution < -0.4 is 0 Å². The molecule has 2 aliphatic rings. The number of carbonyl (C=O) groups excluding carboxylic acids is 1. The van der Waals surface area contributed by atoms with E-state index in [0.717, 1.165) is 19.1 Å². The SMILES string of the molecule is CCCCCN=CC(OC(C(=O)O)C(C=O)O[C@H]1OC(C(=O)O)[C@H](C(C)(C)C)C(O)[C@H]1O)[C@H]1C(C(=O)O)O[C@H](C(C)(C)C)[C@H](O)C1O. The molecule has 16 nitrogen and oxygen atoms in total. The first-order chi connectivity index (χ1) is 21.7. The molecule has 13 atom stereocenters. The fourth-order valence-electron chi connectivity index (χ4n) is 6.01. The van der Waals surface area contributed by atoms with Gasteiger partial charge in [0.05, 0.1) is 24.2 Å². The van der Waals surface area contributed by atoms with E-state index < -0.39 is 108 Å². The quantitative estimate of drug-likeness (QED) is 0.0689. The van der Waals surface area contributed by atoms with Gasteiger partial charge in [-0.25, -0.2) is 14.4 Å². The average molecular weight is 678 g/mol. The van der Waals surface area contributed by atoms with E-state index in [1.807, 2.05) is 6.92 Å². The Kier molecular flexibility index (Phi) is 14.4. The number of aliphatic carboxylic acids is 3. The number of carboxylic acid groups (broad SMARTS) is 3. The van der Waals surface area contributed by atoms with Crippen molar-refractivity contribution < 1.29 is 73.9 Å². The highest BCUT2D eigenvalue weighted by atomic mass is 16.7. The van der Waals surface area contributed by atoms with Gasteiger partial charge in [0.2, 0.25) is 0 Å². The van der Waals surface area contributed by atoms with Gasteiger partial charge < -0.3 is 59.5 Å². The van der Waals surface area contributed by atoms with Gasteiger partial charge >= 0.3 is 17.9 Å². The van der Waals surface area contributed by atoms with E-state index in [-0.39, 0.29) is 12.8 Å². The van der Waals surface area contributed by atoms with Crippen LogP contribution in [0.15, 0.2) is 4.99 Å². The normalized spacial score (nSPS) is 34.0. The summed E-state index contributed by atoms with van der Waals surface area (Å²) in [6, 6.07) is 0. The van der Waals surface area contributed by atoms with Crippen molar-refractivity contribution in [3.63, 3.8) is 0 Å². The number of ether oxygens (including phenoxy) is 4. The van der Waals surface area contributed by atoms with Gasteiger partial charge in [-0.1, -0.05) is 61.3 Å². The molecule has 2 heterocycles. The number of aliphatic imine (C=N–C) groups is 1. The van der Waals surface area contributed by atoms with E-state index in [4.69, 9.17) is 18.9 Å². The third kappa shape index (κ3) is 9.98. The van der Waals surface area contributed by atoms with E-state index in [1.54, 1.807) is 41.5 Å². The molecule has 0 aromatic heterocycles. The van der Waals surface area contributed by atoms with Crippen molar-refractivity contribution >= 4 is 30.4 Å². The summed E-state index contributed by atoms with van der Waals surface area (Å²) in [5, 5.41) is 73.8. The largest absolute Gasteiger partial charge is 0.479 e. The van der Waals surface area contributed by atoms with Crippen LogP contribution in [0.5, 0.6) is 0 Å². The summed E-state index contributed by atoms with van der Waals surface area (Å²) in [7, 11) is 0. The molecule has 0 aromatic carbocycles. The van der Waals surface area contributed by atoms with Gasteiger partial charge in [0, 0.05) is 18.7 Å². The number of rotatable bonds is 15. The molecule has 2 aliphatic heterocycles. The second kappa shape index (κ2) is 16.7. The Hall–Kier alpha value is -2.57. The van der Waals surface area contributed by atoms with Crippen molar-refractivity contribution in [2.45, 2.75) is 135 Å². The minimum Gasteiger partial charge on any atom is -0.479 e. The first kappa shape index (κ1) is 40.6. The third-order valence-corrected chi connectivity index (χ3v) is 8.43. The maximum absolute atomic E-state index is 12.5. The summed E-state index contributed by atoms with van der Waals surface area (Å²) in [5.41, 5.74) is -1.70. The van der Waals surface area contributed by atoms with Gasteiger partial charge in [-0.2, -0.15) is 0 Å². The number of nitrogens with zero attached hydrogens (tertiary/aromatic N) is 1. The molecule has 7 N–H and O–H groups in total. The van der Waals surface area contributed by atoms with Gasteiger partial charge in [-0.3, -0.25) is 4.99 Å². The molecule has 0 aliphatic carbocycles. The standard InChI is InChI=1S/C31H51NO15/c1-8-9-10-11-32-12-14(16-18(34)20(36)25(31(5,6)7)46-23(16)27(40)41)44-22(26(38)39)15(13-33)45-29-21(37)19(35)17(30(2,3)4)24(47-29)28(42)43/h12-25,29,34-37H,8-11H2,1-7H3,(H,38,39)(H,40,41)(H,42,43)/t14?,15?,16-,17-,18?,19?,20-,21-,22?,23?,24?,25+,29+/m1/s1. The van der Waals surface area contributed by atoms with E-state index in [1.165, 1.54) is 0 Å². The number of aliphatic hydroxyl groups excluding tert-OH is 4. The number of aldehydes is 1. The van der Waals surface area contributed by atoms with Crippen LogP contribution >= 0.6 is 0 Å². The lowest BCUT2D eigenvalue weighted by Gasteiger charge is -2.48. The number of carboxylic acids is 3. The number of unbranched alkanes of at least 4 members (excludes halogenated alkanes) is 2. The Labute approximate surface area is 273 Å². The molecular weight excluding hydrogens is 626 g/mol. The van der Waals surface area contributed by atoms with Crippen molar-refractivity contribution in [3.05, 3.63) is 0 Å². The van der Waals surface area contributed by atoms with Crippen LogP contribution in [0.1, 0.15) is 67.7 Å². The van der Waals surface area contributed by atoms with E-state index >= 15 is 0 Å². The molecule has 0 saturated carbocycles. The van der Waals surface area contributed by atoms with Crippen molar-refractivity contribution in [3.8, 4) is 0 Å². The maximum atomic E-state index is 12.5. The Morgan fingerprint density at radius 3 is 1.89 bits per heavy atom. The number of carbonyl (C=O) groups is 4. The Morgan fingerprint density at radius 2 is 1.43 bits per heavy atom. The zero-order valence-corrected chi connectivity index (χ0v) is 27.8. The number of hydrogen-bond donors (Lipinski definition) is 7. The van der Waals surface area contributed by atoms with Crippen LogP contribution in [0, 0.1) is 22.7 Å². The number of aliphatic hydroxyl groups is 4. The summed E-state index contributed by atoms with van der Waals surface area (Å²) in [5.74, 6) is -7.61. The molecule has 16 heteroatoms. The monoisotopic (exact) mass is 677 g/mol. The highest BCUT2D eigenvalue weighted by Crippen LogP contribution is 2.40. The molecule has 2 fully saturated rings. The van der Waals surface area contributed by atoms with Crippen LogP contribution in [0.4, 0.5) is 0 Å². The van der Waals surface area contributed by atoms with Gasteiger partial charge in [-0.15, -0.1) is 0 Å². The molecular formula is C31H51NO15. The minimum absolute atomic E-state index is 0.00468. The van der Waals surface area contributed by atoms with Gasteiger partial charge in [-0.05, 0) is 17.3 Å². The minimum atomic E-state index is -2.27. The second-order valence-electron chi connectivity index (χ2n) is 14.2. The topological polar surface area (TPSA) is 259 Å². The van der Waals surface area contributed by atoms with Crippen molar-refractivity contribution in [2.24, 2.45) is 27.7 Å². The Balaban J connectivity index is 2.50. The van der Waals surface area contributed by atoms with Crippen LogP contribution in [-0.4, -0.2) is 140 Å². The predicted molar refractivity (Wildman–Crippen MR) is 163 cm³/mol. The highest BCUT2D eigenvalue weighted by molar-refractivity contribution is 5.79.